The molecule has 2 rings (SSSR count). The van der Waals surface area contributed by atoms with Gasteiger partial charge < -0.3 is 4.90 Å². The number of hydrogen-bond acceptors (Lipinski definition) is 2. The van der Waals surface area contributed by atoms with E-state index in [0.29, 0.717) is 11.9 Å². The topological polar surface area (TPSA) is 32.3 Å². The third-order valence-corrected chi connectivity index (χ3v) is 4.00. The minimum Gasteiger partial charge on any atom is -0.323 e. The van der Waals surface area contributed by atoms with Crippen molar-refractivity contribution < 1.29 is 4.79 Å². The summed E-state index contributed by atoms with van der Waals surface area (Å²) in [5.41, 5.74) is -0.140. The average molecular weight is 224 g/mol. The van der Waals surface area contributed by atoms with Crippen molar-refractivity contribution in [3.8, 4) is 0 Å². The Labute approximate surface area is 98.6 Å². The minimum atomic E-state index is -0.140. The van der Waals surface area contributed by atoms with E-state index in [1.165, 1.54) is 19.3 Å². The van der Waals surface area contributed by atoms with Crippen LogP contribution in [0.4, 0.5) is 0 Å². The summed E-state index contributed by atoms with van der Waals surface area (Å²) in [6, 6.07) is 0.390. The fourth-order valence-corrected chi connectivity index (χ4v) is 2.85. The predicted octanol–water partition coefficient (Wildman–Crippen LogP) is 2.27. The highest BCUT2D eigenvalue weighted by Crippen LogP contribution is 2.42. The molecule has 16 heavy (non-hydrogen) atoms. The molecule has 2 atom stereocenters. The first-order valence-corrected chi connectivity index (χ1v) is 6.71. The number of carbonyl (C=O) groups excluding carboxylic acids is 1. The molecule has 0 bridgehead atoms. The van der Waals surface area contributed by atoms with Gasteiger partial charge in [0, 0.05) is 6.04 Å². The van der Waals surface area contributed by atoms with Crippen LogP contribution in [0.5, 0.6) is 0 Å². The lowest BCUT2D eigenvalue weighted by atomic mass is 10.1. The van der Waals surface area contributed by atoms with Crippen LogP contribution in [0.3, 0.4) is 0 Å². The molecule has 1 heterocycles. The molecule has 2 fully saturated rings. The summed E-state index contributed by atoms with van der Waals surface area (Å²) >= 11 is 0. The van der Waals surface area contributed by atoms with Gasteiger partial charge in [0.25, 0.3) is 0 Å². The quantitative estimate of drug-likeness (QED) is 0.727. The Bertz CT molecular complexity index is 273. The van der Waals surface area contributed by atoms with Gasteiger partial charge in [-0.1, -0.05) is 26.2 Å². The fraction of sp³-hybridized carbons (Fsp3) is 0.923. The van der Waals surface area contributed by atoms with Crippen molar-refractivity contribution in [3.05, 3.63) is 0 Å². The Morgan fingerprint density at radius 3 is 2.69 bits per heavy atom. The molecule has 1 amide bonds. The minimum absolute atomic E-state index is 0.140. The maximum Gasteiger partial charge on any atom is 0.244 e. The molecule has 3 heteroatoms. The maximum absolute atomic E-state index is 12.2. The van der Waals surface area contributed by atoms with Gasteiger partial charge in [0.2, 0.25) is 5.91 Å². The first kappa shape index (κ1) is 11.9. The SMILES string of the molecule is CCCCCC(C)N1C(=O)C2(CC2)NC1C. The van der Waals surface area contributed by atoms with E-state index in [2.05, 4.69) is 31.0 Å². The molecule has 0 radical (unpaired) electrons. The van der Waals surface area contributed by atoms with Gasteiger partial charge >= 0.3 is 0 Å². The highest BCUT2D eigenvalue weighted by molar-refractivity contribution is 5.92. The third-order valence-electron chi connectivity index (χ3n) is 4.00. The Balaban J connectivity index is 1.90. The predicted molar refractivity (Wildman–Crippen MR) is 65.0 cm³/mol. The number of rotatable bonds is 5. The monoisotopic (exact) mass is 224 g/mol. The molecule has 1 aliphatic carbocycles. The second-order valence-corrected chi connectivity index (χ2v) is 5.46. The van der Waals surface area contributed by atoms with Crippen molar-refractivity contribution in [1.82, 2.24) is 10.2 Å². The summed E-state index contributed by atoms with van der Waals surface area (Å²) in [7, 11) is 0. The lowest BCUT2D eigenvalue weighted by molar-refractivity contribution is -0.132. The molecule has 92 valence electrons. The molecule has 0 aromatic carbocycles. The van der Waals surface area contributed by atoms with Crippen LogP contribution in [0, 0.1) is 0 Å². The molecule has 1 saturated heterocycles. The second-order valence-electron chi connectivity index (χ2n) is 5.46. The van der Waals surface area contributed by atoms with Gasteiger partial charge in [-0.15, -0.1) is 0 Å². The molecule has 3 nitrogen and oxygen atoms in total. The normalized spacial score (nSPS) is 28.8. The summed E-state index contributed by atoms with van der Waals surface area (Å²) in [5.74, 6) is 0.351. The van der Waals surface area contributed by atoms with Gasteiger partial charge in [-0.3, -0.25) is 10.1 Å². The van der Waals surface area contributed by atoms with E-state index in [1.807, 2.05) is 0 Å². The summed E-state index contributed by atoms with van der Waals surface area (Å²) < 4.78 is 0. The van der Waals surface area contributed by atoms with E-state index in [4.69, 9.17) is 0 Å². The van der Waals surface area contributed by atoms with Crippen molar-refractivity contribution >= 4 is 5.91 Å². The number of hydrogen-bond donors (Lipinski definition) is 1. The van der Waals surface area contributed by atoms with Gasteiger partial charge in [-0.05, 0) is 33.1 Å². The Kier molecular flexibility index (Phi) is 3.24. The van der Waals surface area contributed by atoms with Gasteiger partial charge in [-0.25, -0.2) is 0 Å². The van der Waals surface area contributed by atoms with E-state index < -0.39 is 0 Å². The van der Waals surface area contributed by atoms with Crippen LogP contribution in [-0.4, -0.2) is 28.6 Å². The summed E-state index contributed by atoms with van der Waals surface area (Å²) in [5, 5.41) is 3.45. The number of unbranched alkanes of at least 4 members (excludes halogenated alkanes) is 2. The molecule has 0 aromatic rings. The molecule has 0 aromatic heterocycles. The molecule has 1 aliphatic heterocycles. The highest BCUT2D eigenvalue weighted by Gasteiger charge is 2.58. The van der Waals surface area contributed by atoms with Crippen molar-refractivity contribution in [2.45, 2.75) is 77.0 Å². The first-order valence-electron chi connectivity index (χ1n) is 6.71. The first-order chi connectivity index (χ1) is 7.60. The fourth-order valence-electron chi connectivity index (χ4n) is 2.85. The van der Waals surface area contributed by atoms with Crippen LogP contribution < -0.4 is 5.32 Å². The zero-order valence-electron chi connectivity index (χ0n) is 10.8. The zero-order chi connectivity index (χ0) is 11.8. The molecular formula is C13H24N2O. The smallest absolute Gasteiger partial charge is 0.244 e. The van der Waals surface area contributed by atoms with Crippen molar-refractivity contribution in [2.75, 3.05) is 0 Å². The number of nitrogens with one attached hydrogen (secondary N) is 1. The average Bonchev–Trinajstić information content (AvgIpc) is 2.94. The third kappa shape index (κ3) is 1.97. The maximum atomic E-state index is 12.2. The van der Waals surface area contributed by atoms with Crippen molar-refractivity contribution in [1.29, 1.82) is 0 Å². The van der Waals surface area contributed by atoms with E-state index in [9.17, 15) is 4.79 Å². The van der Waals surface area contributed by atoms with Crippen LogP contribution in [0.2, 0.25) is 0 Å². The van der Waals surface area contributed by atoms with Gasteiger partial charge in [0.15, 0.2) is 0 Å². The van der Waals surface area contributed by atoms with E-state index in [-0.39, 0.29) is 11.7 Å². The highest BCUT2D eigenvalue weighted by atomic mass is 16.2. The number of carbonyl (C=O) groups is 1. The standard InChI is InChI=1S/C13H24N2O/c1-4-5-6-7-10(2)15-11(3)14-13(8-9-13)12(15)16/h10-11,14H,4-9H2,1-3H3. The molecular weight excluding hydrogens is 200 g/mol. The van der Waals surface area contributed by atoms with Crippen LogP contribution in [0.15, 0.2) is 0 Å². The van der Waals surface area contributed by atoms with Crippen molar-refractivity contribution in [2.24, 2.45) is 0 Å². The second kappa shape index (κ2) is 4.36. The lowest BCUT2D eigenvalue weighted by Crippen LogP contribution is -2.41. The molecule has 1 saturated carbocycles. The van der Waals surface area contributed by atoms with Crippen LogP contribution >= 0.6 is 0 Å². The number of nitrogens with zero attached hydrogens (tertiary/aromatic N) is 1. The molecule has 2 unspecified atom stereocenters. The van der Waals surface area contributed by atoms with E-state index in [1.54, 1.807) is 0 Å². The summed E-state index contributed by atoms with van der Waals surface area (Å²) in [4.78, 5) is 14.3. The van der Waals surface area contributed by atoms with E-state index >= 15 is 0 Å². The Morgan fingerprint density at radius 1 is 1.50 bits per heavy atom. The largest absolute Gasteiger partial charge is 0.323 e. The van der Waals surface area contributed by atoms with E-state index in [0.717, 1.165) is 19.3 Å². The van der Waals surface area contributed by atoms with Gasteiger partial charge in [-0.2, -0.15) is 0 Å². The lowest BCUT2D eigenvalue weighted by Gasteiger charge is -2.28. The molecule has 2 aliphatic rings. The zero-order valence-corrected chi connectivity index (χ0v) is 10.8. The Morgan fingerprint density at radius 2 is 2.19 bits per heavy atom. The van der Waals surface area contributed by atoms with Gasteiger partial charge in [0.1, 0.15) is 0 Å². The number of amides is 1. The van der Waals surface area contributed by atoms with Crippen molar-refractivity contribution in [3.63, 3.8) is 0 Å². The molecule has 1 spiro atoms. The summed E-state index contributed by atoms with van der Waals surface area (Å²) in [6.45, 7) is 6.52. The van der Waals surface area contributed by atoms with Gasteiger partial charge in [0.05, 0.1) is 11.7 Å². The molecule has 1 N–H and O–H groups in total. The summed E-state index contributed by atoms with van der Waals surface area (Å²) in [6.07, 6.45) is 7.20. The van der Waals surface area contributed by atoms with Crippen LogP contribution in [0.1, 0.15) is 59.3 Å². The van der Waals surface area contributed by atoms with Crippen LogP contribution in [0.25, 0.3) is 0 Å². The Hall–Kier alpha value is -0.570. The van der Waals surface area contributed by atoms with Crippen LogP contribution in [-0.2, 0) is 4.79 Å².